The van der Waals surface area contributed by atoms with Crippen molar-refractivity contribution in [2.24, 2.45) is 28.3 Å². The smallest absolute Gasteiger partial charge is 0.411 e. The van der Waals surface area contributed by atoms with Gasteiger partial charge in [-0.1, -0.05) is 24.4 Å². The number of anilines is 3. The summed E-state index contributed by atoms with van der Waals surface area (Å²) in [7, 11) is 1.25. The van der Waals surface area contributed by atoms with Crippen LogP contribution in [0.3, 0.4) is 0 Å². The van der Waals surface area contributed by atoms with E-state index in [-0.39, 0.29) is 12.3 Å². The maximum atomic E-state index is 13.1. The lowest BCUT2D eigenvalue weighted by molar-refractivity contribution is -0.117. The Kier molecular flexibility index (Phi) is 12.0. The number of hydrogen-bond acceptors (Lipinski definition) is 9. The lowest BCUT2D eigenvalue weighted by Gasteiger charge is -2.20. The topological polar surface area (TPSA) is 216 Å². The lowest BCUT2D eigenvalue weighted by Crippen LogP contribution is -2.35. The zero-order valence-electron chi connectivity index (χ0n) is 23.7. The van der Waals surface area contributed by atoms with E-state index in [2.05, 4.69) is 25.8 Å². The number of fused-ring (bicyclic) bond motifs is 1. The van der Waals surface area contributed by atoms with Crippen LogP contribution in [0.4, 0.5) is 21.9 Å². The van der Waals surface area contributed by atoms with Gasteiger partial charge < -0.3 is 32.7 Å². The van der Waals surface area contributed by atoms with Gasteiger partial charge in [-0.05, 0) is 73.2 Å². The molecule has 3 rings (SSSR count). The molecule has 1 unspecified atom stereocenters. The molecule has 228 valence electrons. The van der Waals surface area contributed by atoms with Gasteiger partial charge >= 0.3 is 6.09 Å². The lowest BCUT2D eigenvalue weighted by atomic mass is 9.98. The number of ether oxygens (including phenoxy) is 1. The number of benzene rings is 2. The summed E-state index contributed by atoms with van der Waals surface area (Å²) in [6.07, 6.45) is 9.46. The minimum absolute atomic E-state index is 0.192. The Morgan fingerprint density at radius 2 is 1.98 bits per heavy atom. The van der Waals surface area contributed by atoms with Gasteiger partial charge in [0.1, 0.15) is 6.34 Å². The van der Waals surface area contributed by atoms with E-state index in [4.69, 9.17) is 34.8 Å². The SMILES string of the molecule is COC(=O)Nc1ccc2c(c1)NC(=O)CCCCCC(NC(=O)/C=C/c1cc(Cl)ccc1N(N)/C=N\N)C(=C/N)/C=C/2N. The fourth-order valence-corrected chi connectivity index (χ4v) is 4.61. The van der Waals surface area contributed by atoms with Gasteiger partial charge in [0.15, 0.2) is 0 Å². The number of rotatable bonds is 6. The number of nitrogens with two attached hydrogens (primary N) is 4. The Labute approximate surface area is 254 Å². The third-order valence-corrected chi connectivity index (χ3v) is 6.77. The van der Waals surface area contributed by atoms with Crippen molar-refractivity contribution in [1.82, 2.24) is 5.32 Å². The van der Waals surface area contributed by atoms with Crippen LogP contribution >= 0.6 is 11.6 Å². The molecule has 3 amide bonds. The van der Waals surface area contributed by atoms with Crippen LogP contribution in [0.1, 0.15) is 43.2 Å². The van der Waals surface area contributed by atoms with Crippen molar-refractivity contribution in [3.05, 3.63) is 76.5 Å². The van der Waals surface area contributed by atoms with Crippen LogP contribution in [0, 0.1) is 0 Å². The molecular weight excluding hydrogens is 574 g/mol. The van der Waals surface area contributed by atoms with Gasteiger partial charge in [-0.2, -0.15) is 5.10 Å². The van der Waals surface area contributed by atoms with E-state index < -0.39 is 18.0 Å². The van der Waals surface area contributed by atoms with Gasteiger partial charge in [0.05, 0.1) is 24.5 Å². The van der Waals surface area contributed by atoms with Crippen LogP contribution in [-0.2, 0) is 14.3 Å². The van der Waals surface area contributed by atoms with Gasteiger partial charge in [0.2, 0.25) is 11.8 Å². The number of hydrazone groups is 1. The summed E-state index contributed by atoms with van der Waals surface area (Å²) in [6, 6.07) is 9.37. The summed E-state index contributed by atoms with van der Waals surface area (Å²) in [5.74, 6) is 10.6. The van der Waals surface area contributed by atoms with Gasteiger partial charge in [-0.25, -0.2) is 10.6 Å². The summed E-state index contributed by atoms with van der Waals surface area (Å²) >= 11 is 6.16. The molecule has 13 nitrogen and oxygen atoms in total. The molecule has 43 heavy (non-hydrogen) atoms. The molecule has 1 aliphatic rings. The molecule has 1 aliphatic heterocycles. The molecule has 0 bridgehead atoms. The monoisotopic (exact) mass is 609 g/mol. The summed E-state index contributed by atoms with van der Waals surface area (Å²) in [5, 5.41) is 13.5. The average molecular weight is 610 g/mol. The number of halogens is 1. The van der Waals surface area contributed by atoms with Crippen LogP contribution in [0.25, 0.3) is 11.8 Å². The second-order valence-corrected chi connectivity index (χ2v) is 10.00. The van der Waals surface area contributed by atoms with Crippen molar-refractivity contribution in [3.8, 4) is 0 Å². The predicted octanol–water partition coefficient (Wildman–Crippen LogP) is 3.34. The summed E-state index contributed by atoms with van der Waals surface area (Å²) in [5.41, 5.74) is 15.8. The molecule has 11 N–H and O–H groups in total. The van der Waals surface area contributed by atoms with Crippen molar-refractivity contribution in [1.29, 1.82) is 0 Å². The van der Waals surface area contributed by atoms with Crippen LogP contribution < -0.4 is 44.1 Å². The molecular formula is C29H36ClN9O4. The van der Waals surface area contributed by atoms with E-state index in [1.54, 1.807) is 48.6 Å². The van der Waals surface area contributed by atoms with Crippen LogP contribution in [0.15, 0.2) is 65.4 Å². The molecule has 1 atom stereocenters. The van der Waals surface area contributed by atoms with Gasteiger partial charge in [0.25, 0.3) is 0 Å². The van der Waals surface area contributed by atoms with E-state index in [1.165, 1.54) is 30.7 Å². The second-order valence-electron chi connectivity index (χ2n) is 9.56. The zero-order valence-corrected chi connectivity index (χ0v) is 24.4. The summed E-state index contributed by atoms with van der Waals surface area (Å²) in [4.78, 5) is 37.5. The Morgan fingerprint density at radius 3 is 2.70 bits per heavy atom. The molecule has 0 aromatic heterocycles. The highest BCUT2D eigenvalue weighted by Gasteiger charge is 2.18. The van der Waals surface area contributed by atoms with Crippen LogP contribution in [0.5, 0.6) is 0 Å². The van der Waals surface area contributed by atoms with Crippen molar-refractivity contribution in [3.63, 3.8) is 0 Å². The molecule has 14 heteroatoms. The first-order valence-electron chi connectivity index (χ1n) is 13.4. The van der Waals surface area contributed by atoms with Crippen molar-refractivity contribution >= 4 is 64.7 Å². The van der Waals surface area contributed by atoms with E-state index >= 15 is 0 Å². The second kappa shape index (κ2) is 15.8. The molecule has 0 saturated carbocycles. The Morgan fingerprint density at radius 1 is 1.19 bits per heavy atom. The largest absolute Gasteiger partial charge is 0.453 e. The third-order valence-electron chi connectivity index (χ3n) is 6.54. The molecule has 0 radical (unpaired) electrons. The van der Waals surface area contributed by atoms with E-state index in [0.717, 1.165) is 6.42 Å². The molecule has 0 fully saturated rings. The minimum Gasteiger partial charge on any atom is -0.453 e. The van der Waals surface area contributed by atoms with E-state index in [0.29, 0.717) is 63.7 Å². The molecule has 2 aromatic carbocycles. The van der Waals surface area contributed by atoms with E-state index in [9.17, 15) is 14.4 Å². The van der Waals surface area contributed by atoms with Crippen LogP contribution in [-0.4, -0.2) is 37.4 Å². The first-order chi connectivity index (χ1) is 20.6. The predicted molar refractivity (Wildman–Crippen MR) is 170 cm³/mol. The maximum Gasteiger partial charge on any atom is 0.411 e. The van der Waals surface area contributed by atoms with Crippen LogP contribution in [0.2, 0.25) is 5.02 Å². The first kappa shape index (κ1) is 32.5. The highest BCUT2D eigenvalue weighted by atomic mass is 35.5. The fraction of sp³-hybridized carbons (Fsp3) is 0.241. The van der Waals surface area contributed by atoms with Crippen molar-refractivity contribution < 1.29 is 19.1 Å². The van der Waals surface area contributed by atoms with Crippen molar-refractivity contribution in [2.75, 3.05) is 22.8 Å². The number of nitrogens with zero attached hydrogens (tertiary/aromatic N) is 2. The molecule has 0 spiro atoms. The first-order valence-corrected chi connectivity index (χ1v) is 13.8. The Bertz CT molecular complexity index is 1460. The van der Waals surface area contributed by atoms with Gasteiger partial charge in [0, 0.05) is 40.0 Å². The molecule has 1 heterocycles. The van der Waals surface area contributed by atoms with Crippen molar-refractivity contribution in [2.45, 2.75) is 38.1 Å². The minimum atomic E-state index is -0.656. The third kappa shape index (κ3) is 9.51. The number of carbonyl (C=O) groups excluding carboxylic acids is 3. The number of hydrogen-bond donors (Lipinski definition) is 7. The maximum absolute atomic E-state index is 13.1. The molecule has 0 saturated heterocycles. The summed E-state index contributed by atoms with van der Waals surface area (Å²) < 4.78 is 4.65. The quantitative estimate of drug-likeness (QED) is 0.0838. The Hall–Kier alpha value is -5.01. The number of amides is 3. The highest BCUT2D eigenvalue weighted by molar-refractivity contribution is 6.30. The summed E-state index contributed by atoms with van der Waals surface area (Å²) in [6.45, 7) is 0. The van der Waals surface area contributed by atoms with Gasteiger partial charge in [-0.3, -0.25) is 19.9 Å². The number of nitrogens with one attached hydrogen (secondary N) is 3. The number of carbonyl (C=O) groups is 3. The van der Waals surface area contributed by atoms with E-state index in [1.807, 2.05) is 0 Å². The fourth-order valence-electron chi connectivity index (χ4n) is 4.43. The highest BCUT2D eigenvalue weighted by Crippen LogP contribution is 2.28. The standard InChI is InChI=1S/C29H36ClN9O4/c1-43-29(42)36-21-9-10-22-23(32)14-19(16-31)24(5-3-2-4-6-27(40)38-25(22)15-21)37-28(41)12-7-18-13-20(30)8-11-26(18)39(34)17-35-33/h7-17,24H,2-6,31-34H2,1H3,(H,36,42)(H,37,41)(H,38,40)/b12-7+,19-16+,23-14-,35-17-. The Balaban J connectivity index is 1.91. The normalized spacial score (nSPS) is 18.4. The average Bonchev–Trinajstić information content (AvgIpc) is 2.98. The van der Waals surface area contributed by atoms with Gasteiger partial charge in [-0.15, -0.1) is 0 Å². The number of methoxy groups -OCH3 is 1. The number of hydrazine groups is 1. The zero-order chi connectivity index (χ0) is 31.4. The molecule has 0 aliphatic carbocycles. The molecule has 2 aromatic rings.